The van der Waals surface area contributed by atoms with Crippen molar-refractivity contribution in [2.24, 2.45) is 5.92 Å². The first-order valence-electron chi connectivity index (χ1n) is 5.91. The fraction of sp³-hybridized carbons (Fsp3) is 0.615. The van der Waals surface area contributed by atoms with Gasteiger partial charge in [-0.15, -0.1) is 0 Å². The van der Waals surface area contributed by atoms with Crippen molar-refractivity contribution in [3.05, 3.63) is 12.2 Å². The number of ether oxygens (including phenoxy) is 1. The second-order valence-corrected chi connectivity index (χ2v) is 4.44. The van der Waals surface area contributed by atoms with Crippen molar-refractivity contribution >= 4 is 11.9 Å². The van der Waals surface area contributed by atoms with E-state index in [4.69, 9.17) is 10.00 Å². The molecule has 0 aromatic rings. The number of carbonyl (C=O) groups is 2. The minimum atomic E-state index is -0.956. The molecule has 0 unspecified atom stereocenters. The van der Waals surface area contributed by atoms with E-state index in [9.17, 15) is 9.59 Å². The molecule has 100 valence electrons. The Morgan fingerprint density at radius 2 is 2.11 bits per heavy atom. The van der Waals surface area contributed by atoms with E-state index in [0.717, 1.165) is 6.42 Å². The third-order valence-corrected chi connectivity index (χ3v) is 2.62. The zero-order chi connectivity index (χ0) is 14.2. The van der Waals surface area contributed by atoms with Crippen LogP contribution in [0, 0.1) is 17.2 Å². The number of nitrogens with one attached hydrogen (secondary N) is 1. The summed E-state index contributed by atoms with van der Waals surface area (Å²) in [6.07, 6.45) is 3.65. The number of esters is 1. The van der Waals surface area contributed by atoms with Gasteiger partial charge in [0.25, 0.3) is 5.91 Å². The number of nitriles is 1. The Balaban J connectivity index is 4.25. The summed E-state index contributed by atoms with van der Waals surface area (Å²) in [5.41, 5.74) is -0.956. The van der Waals surface area contributed by atoms with Crippen LogP contribution in [0.2, 0.25) is 0 Å². The van der Waals surface area contributed by atoms with Gasteiger partial charge in [-0.3, -0.25) is 4.79 Å². The van der Waals surface area contributed by atoms with Gasteiger partial charge in [-0.05, 0) is 19.3 Å². The van der Waals surface area contributed by atoms with Crippen LogP contribution in [0.4, 0.5) is 0 Å². The summed E-state index contributed by atoms with van der Waals surface area (Å²) in [4.78, 5) is 22.7. The Morgan fingerprint density at radius 1 is 1.50 bits per heavy atom. The van der Waals surface area contributed by atoms with Crippen molar-refractivity contribution < 1.29 is 14.3 Å². The fourth-order valence-corrected chi connectivity index (χ4v) is 1.03. The standard InChI is InChI=1S/C13H20N2O3/c1-5-6-7-12(17)18-8-11(16)15-13(4,9-14)10(2)3/h6-7,10H,5,8H2,1-4H3,(H,15,16)/b7-6+/t13-/m1/s1. The molecule has 0 saturated heterocycles. The fourth-order valence-electron chi connectivity index (χ4n) is 1.03. The van der Waals surface area contributed by atoms with Gasteiger partial charge in [-0.25, -0.2) is 4.79 Å². The smallest absolute Gasteiger partial charge is 0.330 e. The maximum absolute atomic E-state index is 11.5. The molecule has 0 saturated carbocycles. The van der Waals surface area contributed by atoms with Crippen molar-refractivity contribution in [2.75, 3.05) is 6.61 Å². The average Bonchev–Trinajstić information content (AvgIpc) is 2.33. The third-order valence-electron chi connectivity index (χ3n) is 2.62. The summed E-state index contributed by atoms with van der Waals surface area (Å²) in [7, 11) is 0. The molecule has 0 aliphatic heterocycles. The van der Waals surface area contributed by atoms with E-state index in [2.05, 4.69) is 5.32 Å². The highest BCUT2D eigenvalue weighted by atomic mass is 16.5. The number of rotatable bonds is 6. The molecule has 1 N–H and O–H groups in total. The predicted octanol–water partition coefficient (Wildman–Crippen LogP) is 1.55. The minimum Gasteiger partial charge on any atom is -0.452 e. The second-order valence-electron chi connectivity index (χ2n) is 4.44. The van der Waals surface area contributed by atoms with E-state index in [1.54, 1.807) is 13.0 Å². The molecule has 1 amide bonds. The van der Waals surface area contributed by atoms with E-state index < -0.39 is 17.4 Å². The molecule has 0 aliphatic carbocycles. The summed E-state index contributed by atoms with van der Waals surface area (Å²) in [6, 6.07) is 2.04. The van der Waals surface area contributed by atoms with Gasteiger partial charge in [-0.1, -0.05) is 26.8 Å². The topological polar surface area (TPSA) is 79.2 Å². The average molecular weight is 252 g/mol. The van der Waals surface area contributed by atoms with Crippen molar-refractivity contribution in [3.63, 3.8) is 0 Å². The van der Waals surface area contributed by atoms with Crippen LogP contribution < -0.4 is 5.32 Å². The summed E-state index contributed by atoms with van der Waals surface area (Å²) in [6.45, 7) is 6.81. The lowest BCUT2D eigenvalue weighted by Crippen LogP contribution is -2.50. The summed E-state index contributed by atoms with van der Waals surface area (Å²) < 4.78 is 4.73. The van der Waals surface area contributed by atoms with Gasteiger partial charge in [0.2, 0.25) is 0 Å². The highest BCUT2D eigenvalue weighted by Gasteiger charge is 2.30. The lowest BCUT2D eigenvalue weighted by molar-refractivity contribution is -0.144. The lowest BCUT2D eigenvalue weighted by atomic mass is 9.90. The van der Waals surface area contributed by atoms with Crippen molar-refractivity contribution in [1.82, 2.24) is 5.32 Å². The molecular formula is C13H20N2O3. The Morgan fingerprint density at radius 3 is 2.56 bits per heavy atom. The molecular weight excluding hydrogens is 232 g/mol. The van der Waals surface area contributed by atoms with Crippen LogP contribution in [-0.2, 0) is 14.3 Å². The first kappa shape index (κ1) is 16.2. The van der Waals surface area contributed by atoms with Crippen LogP contribution in [0.5, 0.6) is 0 Å². The van der Waals surface area contributed by atoms with Gasteiger partial charge < -0.3 is 10.1 Å². The van der Waals surface area contributed by atoms with Crippen molar-refractivity contribution in [2.45, 2.75) is 39.7 Å². The molecule has 0 rings (SSSR count). The van der Waals surface area contributed by atoms with E-state index in [0.29, 0.717) is 0 Å². The quantitative estimate of drug-likeness (QED) is 0.574. The van der Waals surface area contributed by atoms with Crippen molar-refractivity contribution in [1.29, 1.82) is 5.26 Å². The molecule has 5 heteroatoms. The van der Waals surface area contributed by atoms with Gasteiger partial charge in [0.1, 0.15) is 5.54 Å². The van der Waals surface area contributed by atoms with Gasteiger partial charge in [0.05, 0.1) is 6.07 Å². The number of hydrogen-bond donors (Lipinski definition) is 1. The van der Waals surface area contributed by atoms with Gasteiger partial charge in [-0.2, -0.15) is 5.26 Å². The molecule has 0 radical (unpaired) electrons. The normalized spacial score (nSPS) is 14.0. The lowest BCUT2D eigenvalue weighted by Gasteiger charge is -2.27. The number of nitrogens with zero attached hydrogens (tertiary/aromatic N) is 1. The Bertz CT molecular complexity index is 369. The Labute approximate surface area is 108 Å². The Kier molecular flexibility index (Phi) is 6.73. The summed E-state index contributed by atoms with van der Waals surface area (Å²) in [5, 5.41) is 11.6. The molecule has 0 aliphatic rings. The molecule has 0 bridgehead atoms. The number of hydrogen-bond acceptors (Lipinski definition) is 4. The van der Waals surface area contributed by atoms with Gasteiger partial charge in [0.15, 0.2) is 6.61 Å². The van der Waals surface area contributed by atoms with Crippen LogP contribution in [0.3, 0.4) is 0 Å². The summed E-state index contributed by atoms with van der Waals surface area (Å²) >= 11 is 0. The van der Waals surface area contributed by atoms with E-state index in [1.165, 1.54) is 6.08 Å². The summed E-state index contributed by atoms with van der Waals surface area (Å²) in [5.74, 6) is -1.08. The molecule has 0 aromatic heterocycles. The maximum Gasteiger partial charge on any atom is 0.330 e. The number of allylic oxidation sites excluding steroid dienone is 1. The highest BCUT2D eigenvalue weighted by molar-refractivity contribution is 5.86. The number of carbonyl (C=O) groups excluding carboxylic acids is 2. The monoisotopic (exact) mass is 252 g/mol. The van der Waals surface area contributed by atoms with E-state index in [1.807, 2.05) is 26.8 Å². The third kappa shape index (κ3) is 5.48. The maximum atomic E-state index is 11.5. The van der Waals surface area contributed by atoms with E-state index >= 15 is 0 Å². The van der Waals surface area contributed by atoms with Crippen LogP contribution in [0.25, 0.3) is 0 Å². The molecule has 0 spiro atoms. The minimum absolute atomic E-state index is 0.0397. The SMILES string of the molecule is CC/C=C/C(=O)OCC(=O)N[C@](C)(C#N)C(C)C. The molecule has 0 aromatic carbocycles. The predicted molar refractivity (Wildman–Crippen MR) is 67.4 cm³/mol. The Hall–Kier alpha value is -1.83. The van der Waals surface area contributed by atoms with Crippen LogP contribution in [-0.4, -0.2) is 24.0 Å². The van der Waals surface area contributed by atoms with Gasteiger partial charge >= 0.3 is 5.97 Å². The highest BCUT2D eigenvalue weighted by Crippen LogP contribution is 2.14. The number of amides is 1. The molecule has 1 atom stereocenters. The molecule has 0 fully saturated rings. The van der Waals surface area contributed by atoms with E-state index in [-0.39, 0.29) is 12.5 Å². The van der Waals surface area contributed by atoms with Gasteiger partial charge in [0, 0.05) is 6.08 Å². The van der Waals surface area contributed by atoms with Crippen LogP contribution in [0.15, 0.2) is 12.2 Å². The molecule has 18 heavy (non-hydrogen) atoms. The zero-order valence-electron chi connectivity index (χ0n) is 11.3. The second kappa shape index (κ2) is 7.49. The van der Waals surface area contributed by atoms with Crippen LogP contribution >= 0.6 is 0 Å². The largest absolute Gasteiger partial charge is 0.452 e. The first-order valence-corrected chi connectivity index (χ1v) is 5.91. The zero-order valence-corrected chi connectivity index (χ0v) is 11.3. The van der Waals surface area contributed by atoms with Crippen molar-refractivity contribution in [3.8, 4) is 6.07 Å². The first-order chi connectivity index (χ1) is 8.35. The molecule has 0 heterocycles. The van der Waals surface area contributed by atoms with Crippen LogP contribution in [0.1, 0.15) is 34.1 Å². The molecule has 5 nitrogen and oxygen atoms in total.